The number of hydrogen-bond acceptors (Lipinski definition) is 16. The molecule has 5 rings (SSSR count). The average molecular weight is 1440 g/mol. The number of likely N-dealkylation sites (tertiary alicyclic amines) is 1. The van der Waals surface area contributed by atoms with Crippen LogP contribution in [0, 0.1) is 17.8 Å². The molecule has 26 heteroatoms. The Morgan fingerprint density at radius 1 is 0.544 bits per heavy atom. The number of rotatable bonds is 15. The zero-order chi connectivity index (χ0) is 77.1. The molecule has 2 aliphatic rings. The van der Waals surface area contributed by atoms with E-state index in [0.29, 0.717) is 37.1 Å². The molecule has 2 fully saturated rings. The molecule has 3 aromatic rings. The van der Waals surface area contributed by atoms with Gasteiger partial charge in [-0.2, -0.15) is 0 Å². The van der Waals surface area contributed by atoms with E-state index in [9.17, 15) is 29.7 Å². The summed E-state index contributed by atoms with van der Waals surface area (Å²) >= 11 is 0. The summed E-state index contributed by atoms with van der Waals surface area (Å²) in [6, 6.07) is 12.4. The number of carbonyl (C=O) groups is 10. The van der Waals surface area contributed by atoms with Crippen LogP contribution >= 0.6 is 0 Å². The molecule has 10 amide bonds. The maximum Gasteiger partial charge on any atom is 0.248 e. The quantitative estimate of drug-likeness (QED) is 0.115. The molecule has 0 aromatic heterocycles. The highest BCUT2D eigenvalue weighted by Crippen LogP contribution is 2.25. The predicted octanol–water partition coefficient (Wildman–Crippen LogP) is 3.43. The summed E-state index contributed by atoms with van der Waals surface area (Å²) in [4.78, 5) is 161. The van der Waals surface area contributed by atoms with E-state index in [1.807, 2.05) is 58.0 Å². The summed E-state index contributed by atoms with van der Waals surface area (Å²) in [5.74, 6) is -8.17. The average Bonchev–Trinajstić information content (AvgIpc) is 0.813. The van der Waals surface area contributed by atoms with Crippen molar-refractivity contribution in [2.45, 2.75) is 231 Å². The lowest BCUT2D eigenvalue weighted by Gasteiger charge is -2.41. The van der Waals surface area contributed by atoms with Crippen molar-refractivity contribution in [3.63, 3.8) is 0 Å². The first-order valence-corrected chi connectivity index (χ1v) is 36.3. The van der Waals surface area contributed by atoms with Crippen LogP contribution in [0.4, 0.5) is 0 Å². The van der Waals surface area contributed by atoms with Gasteiger partial charge in [0, 0.05) is 68.2 Å². The van der Waals surface area contributed by atoms with Gasteiger partial charge in [-0.3, -0.25) is 58.2 Å². The van der Waals surface area contributed by atoms with Gasteiger partial charge in [0.05, 0.1) is 42.9 Å². The molecule has 26 nitrogen and oxygen atoms in total. The third-order valence-electron chi connectivity index (χ3n) is 19.8. The van der Waals surface area contributed by atoms with Gasteiger partial charge >= 0.3 is 0 Å². The van der Waals surface area contributed by atoms with E-state index < -0.39 is 162 Å². The van der Waals surface area contributed by atoms with E-state index in [1.54, 1.807) is 107 Å². The van der Waals surface area contributed by atoms with Gasteiger partial charge in [0.2, 0.25) is 59.1 Å². The van der Waals surface area contributed by atoms with Crippen LogP contribution in [0.5, 0.6) is 0 Å². The van der Waals surface area contributed by atoms with Gasteiger partial charge in [-0.25, -0.2) is 0 Å². The maximum atomic E-state index is 15.5. The predicted molar refractivity (Wildman–Crippen MR) is 394 cm³/mol. The first-order valence-electron chi connectivity index (χ1n) is 36.3. The number of carbonyl (C=O) groups excluding carboxylic acids is 10. The van der Waals surface area contributed by atoms with E-state index in [0.717, 1.165) is 21.8 Å². The molecule has 2 saturated heterocycles. The Labute approximate surface area is 610 Å². The third-order valence-corrected chi connectivity index (χ3v) is 19.8. The summed E-state index contributed by atoms with van der Waals surface area (Å²) in [5.41, 5.74) is 1.19. The van der Waals surface area contributed by atoms with Gasteiger partial charge in [0.15, 0.2) is 0 Å². The number of aliphatic hydroxyl groups is 3. The fraction of sp³-hybridized carbons (Fsp3) is 0.636. The van der Waals surface area contributed by atoms with Crippen molar-refractivity contribution in [1.82, 2.24) is 60.5 Å². The Bertz CT molecular complexity index is 3280. The van der Waals surface area contributed by atoms with Gasteiger partial charge in [-0.1, -0.05) is 133 Å². The van der Waals surface area contributed by atoms with Crippen molar-refractivity contribution in [1.29, 1.82) is 0 Å². The van der Waals surface area contributed by atoms with E-state index in [2.05, 4.69) is 21.3 Å². The van der Waals surface area contributed by atoms with Crippen LogP contribution in [-0.2, 0) is 71.9 Å². The molecule has 2 heterocycles. The second-order valence-corrected chi connectivity index (χ2v) is 30.4. The number of ether oxygens (including phenoxy) is 1. The lowest BCUT2D eigenvalue weighted by molar-refractivity contribution is -0.154. The first kappa shape index (κ1) is 85.8. The molecule has 0 radical (unpaired) electrons. The van der Waals surface area contributed by atoms with Crippen molar-refractivity contribution in [2.75, 3.05) is 69.0 Å². The lowest BCUT2D eigenvalue weighted by Crippen LogP contribution is -2.64. The molecule has 0 spiro atoms. The fourth-order valence-electron chi connectivity index (χ4n) is 13.5. The van der Waals surface area contributed by atoms with Crippen molar-refractivity contribution < 1.29 is 68.0 Å². The minimum Gasteiger partial charge on any atom is -0.391 e. The molecular formula is C77H120N12O14. The van der Waals surface area contributed by atoms with E-state index in [1.165, 1.54) is 87.6 Å². The number of benzene rings is 3. The smallest absolute Gasteiger partial charge is 0.248 e. The first-order chi connectivity index (χ1) is 48.3. The Hall–Kier alpha value is -7.88. The second kappa shape index (κ2) is 39.3. The minimum atomic E-state index is -1.72. The number of aliphatic hydroxyl groups excluding tert-OH is 3. The summed E-state index contributed by atoms with van der Waals surface area (Å²) in [6.07, 6.45) is -3.17. The summed E-state index contributed by atoms with van der Waals surface area (Å²) in [5, 5.41) is 48.8. The van der Waals surface area contributed by atoms with Crippen LogP contribution in [0.15, 0.2) is 91.0 Å². The van der Waals surface area contributed by atoms with Crippen molar-refractivity contribution in [3.05, 3.63) is 108 Å². The Balaban J connectivity index is 1.71. The van der Waals surface area contributed by atoms with Gasteiger partial charge in [-0.05, 0) is 122 Å². The van der Waals surface area contributed by atoms with Crippen molar-refractivity contribution in [3.8, 4) is 0 Å². The molecule has 2 aliphatic heterocycles. The molecule has 0 aliphatic carbocycles. The van der Waals surface area contributed by atoms with Crippen LogP contribution in [0.2, 0.25) is 0 Å². The number of hydrogen-bond donors (Lipinski definition) is 7. The maximum absolute atomic E-state index is 15.5. The molecule has 7 N–H and O–H groups in total. The van der Waals surface area contributed by atoms with Gasteiger partial charge in [0.1, 0.15) is 60.8 Å². The second-order valence-electron chi connectivity index (χ2n) is 30.4. The molecule has 14 atom stereocenters. The number of nitrogens with zero attached hydrogens (tertiary/aromatic N) is 8. The number of piperidine rings is 1. The van der Waals surface area contributed by atoms with Gasteiger partial charge in [0.25, 0.3) is 0 Å². The molecule has 103 heavy (non-hydrogen) atoms. The molecule has 0 saturated carbocycles. The number of amides is 10. The van der Waals surface area contributed by atoms with Crippen LogP contribution in [0.3, 0.4) is 0 Å². The fourth-order valence-corrected chi connectivity index (χ4v) is 13.5. The number of likely N-dealkylation sites (N-methyl/N-ethyl adjacent to an activating group) is 7. The topological polar surface area (TPSA) is 315 Å². The Morgan fingerprint density at radius 2 is 1.03 bits per heavy atom. The molecule has 3 aromatic carbocycles. The van der Waals surface area contributed by atoms with Gasteiger partial charge in [-0.15, -0.1) is 0 Å². The lowest BCUT2D eigenvalue weighted by atomic mass is 9.96. The van der Waals surface area contributed by atoms with E-state index in [4.69, 9.17) is 4.74 Å². The van der Waals surface area contributed by atoms with Gasteiger partial charge < -0.3 is 70.3 Å². The highest BCUT2D eigenvalue weighted by molar-refractivity contribution is 5.99. The standard InChI is InChI=1S/C77H120N12O14/c1-47(2)40-56-71(97)88(19)65(49(5)6)68(94)81-64(52(9)90)76(102)87(18)61(44-55-36-28-22-29-37-55)74(100)86(17)62(75(101)89-38-30-23-31-39-89)45-63(91)78-50(7)69(95)85(16)60(41-48(3)4)73(99)82(13)51(8)70(96)83(14)58(42-53-32-24-20-25-33-53)67(93)80-57(46-103-77(10,11)12)72(98)84(15)59(66(92)79-56)43-54-34-26-21-27-35-54/h20-22,24-29,32-37,47-52,56-62,64-66,72,79,90,92,98H,23,30-31,38-46H2,1-19H3,(H,78,91)(H,80,93)(H,81,94)/t50-,51+,52-,56+,57+,58+,59+,60+,61+,62+,64+,65+,66?,72?/m1/s1. The van der Waals surface area contributed by atoms with Crippen molar-refractivity contribution in [2.24, 2.45) is 17.8 Å². The van der Waals surface area contributed by atoms with E-state index in [-0.39, 0.29) is 50.5 Å². The summed E-state index contributed by atoms with van der Waals surface area (Å²) in [6.45, 7) is 20.9. The normalized spacial score (nSPS) is 27.1. The highest BCUT2D eigenvalue weighted by atomic mass is 16.5. The zero-order valence-electron chi connectivity index (χ0n) is 64.4. The highest BCUT2D eigenvalue weighted by Gasteiger charge is 2.45. The molecular weight excluding hydrogens is 1320 g/mol. The van der Waals surface area contributed by atoms with Crippen LogP contribution in [-0.4, -0.2) is 273 Å². The largest absolute Gasteiger partial charge is 0.391 e. The number of nitrogens with one attached hydrogen (secondary N) is 4. The molecule has 572 valence electrons. The minimum absolute atomic E-state index is 0.0294. The summed E-state index contributed by atoms with van der Waals surface area (Å²) in [7, 11) is 9.97. The van der Waals surface area contributed by atoms with Crippen LogP contribution in [0.1, 0.15) is 138 Å². The monoisotopic (exact) mass is 1440 g/mol. The van der Waals surface area contributed by atoms with Crippen LogP contribution in [0.25, 0.3) is 0 Å². The van der Waals surface area contributed by atoms with Crippen LogP contribution < -0.4 is 21.3 Å². The third kappa shape index (κ3) is 24.1. The molecule has 2 unspecified atom stereocenters. The molecule has 0 bridgehead atoms. The Kier molecular flexibility index (Phi) is 32.7. The van der Waals surface area contributed by atoms with Crippen molar-refractivity contribution >= 4 is 59.1 Å². The van der Waals surface area contributed by atoms with E-state index >= 15 is 33.6 Å². The summed E-state index contributed by atoms with van der Waals surface area (Å²) < 4.78 is 6.32. The SMILES string of the molecule is CC(C)C[C@@H]1NC(O)[C@H](Cc2ccccc2)N(C)C(O)[C@H](COC(C)(C)C)NC(=O)[C@H](Cc2ccccc2)N(C)C(=O)[C@H](C)N(C)C(=O)[C@H](CC(C)C)N(C)C(=O)[C@@H](C)NC(=O)C[C@@H](C(=O)N2CCCCC2)N(C)C(=O)[C@H](Cc2ccccc2)N(C)C(=O)[C@H]([C@@H](C)O)NC(=O)[C@H](C(C)C)N(C)C1=O. The Morgan fingerprint density at radius 3 is 1.52 bits per heavy atom. The zero-order valence-corrected chi connectivity index (χ0v) is 64.4.